The first-order valence-corrected chi connectivity index (χ1v) is 9.93. The van der Waals surface area contributed by atoms with E-state index in [4.69, 9.17) is 22.3 Å². The summed E-state index contributed by atoms with van der Waals surface area (Å²) in [5, 5.41) is 16.2. The molecule has 11 N–H and O–H groups in total. The van der Waals surface area contributed by atoms with Crippen molar-refractivity contribution >= 4 is 29.7 Å². The molecule has 1 rings (SSSR count). The fourth-order valence-electron chi connectivity index (χ4n) is 2.53. The van der Waals surface area contributed by atoms with E-state index in [0.29, 0.717) is 18.7 Å². The highest BCUT2D eigenvalue weighted by molar-refractivity contribution is 5.93. The number of H-pyrrole nitrogens is 1. The number of aromatic amines is 1. The fourth-order valence-corrected chi connectivity index (χ4v) is 2.53. The van der Waals surface area contributed by atoms with Crippen LogP contribution < -0.4 is 33.2 Å². The number of carbonyl (C=O) groups is 4. The summed E-state index contributed by atoms with van der Waals surface area (Å²) in [5.74, 6) is -3.17. The molecule has 4 unspecified atom stereocenters. The van der Waals surface area contributed by atoms with Gasteiger partial charge in [0.05, 0.1) is 12.4 Å². The van der Waals surface area contributed by atoms with Crippen LogP contribution in [0.5, 0.6) is 0 Å². The zero-order valence-corrected chi connectivity index (χ0v) is 18.0. The first-order chi connectivity index (χ1) is 15.0. The third-order valence-corrected chi connectivity index (χ3v) is 4.40. The van der Waals surface area contributed by atoms with Crippen LogP contribution in [0.3, 0.4) is 0 Å². The fraction of sp³-hybridized carbons (Fsp3) is 0.556. The van der Waals surface area contributed by atoms with Gasteiger partial charge in [0.2, 0.25) is 17.7 Å². The molecule has 0 aromatic carbocycles. The summed E-state index contributed by atoms with van der Waals surface area (Å²) in [6, 6.07) is -4.13. The molecule has 0 saturated carbocycles. The van der Waals surface area contributed by atoms with Crippen molar-refractivity contribution in [3.05, 3.63) is 18.2 Å². The summed E-state index contributed by atoms with van der Waals surface area (Å²) in [7, 11) is 0. The van der Waals surface area contributed by atoms with Crippen LogP contribution in [0.2, 0.25) is 0 Å². The largest absolute Gasteiger partial charge is 0.480 e. The van der Waals surface area contributed by atoms with Crippen LogP contribution in [-0.2, 0) is 25.6 Å². The zero-order chi connectivity index (χ0) is 24.3. The summed E-state index contributed by atoms with van der Waals surface area (Å²) < 4.78 is 0. The van der Waals surface area contributed by atoms with E-state index < -0.39 is 47.9 Å². The minimum Gasteiger partial charge on any atom is -0.480 e. The van der Waals surface area contributed by atoms with Crippen LogP contribution in [0.25, 0.3) is 0 Å². The SMILES string of the molecule is CC(NC(=O)C(C)NC(=O)C(Cc1cnc[nH]1)NC(=O)C(N)CCCN=C(N)N)C(=O)O. The maximum atomic E-state index is 12.8. The van der Waals surface area contributed by atoms with Gasteiger partial charge < -0.3 is 43.2 Å². The lowest BCUT2D eigenvalue weighted by Gasteiger charge is -2.22. The lowest BCUT2D eigenvalue weighted by Crippen LogP contribution is -2.56. The molecule has 178 valence electrons. The van der Waals surface area contributed by atoms with Crippen molar-refractivity contribution in [1.29, 1.82) is 0 Å². The lowest BCUT2D eigenvalue weighted by atomic mass is 10.1. The molecule has 0 aliphatic carbocycles. The maximum Gasteiger partial charge on any atom is 0.325 e. The molecular weight excluding hydrogens is 422 g/mol. The van der Waals surface area contributed by atoms with E-state index in [1.807, 2.05) is 0 Å². The number of amides is 3. The molecule has 0 fully saturated rings. The Balaban J connectivity index is 2.75. The van der Waals surface area contributed by atoms with Crippen LogP contribution in [0.1, 0.15) is 32.4 Å². The molecule has 3 amide bonds. The monoisotopic (exact) mass is 453 g/mol. The standard InChI is InChI=1S/C18H31N9O5/c1-9(14(28)26-10(2)17(31)32)25-16(30)13(6-11-7-22-8-24-11)27-15(29)12(19)4-3-5-23-18(20)21/h7-10,12-13H,3-6,19H2,1-2H3,(H,22,24)(H,25,30)(H,26,28)(H,27,29)(H,31,32)(H4,20,21,23). The van der Waals surface area contributed by atoms with Crippen molar-refractivity contribution in [3.8, 4) is 0 Å². The first kappa shape index (κ1) is 26.4. The van der Waals surface area contributed by atoms with E-state index >= 15 is 0 Å². The topological polar surface area (TPSA) is 244 Å². The van der Waals surface area contributed by atoms with Crippen molar-refractivity contribution < 1.29 is 24.3 Å². The molecule has 1 aromatic rings. The Kier molecular flexibility index (Phi) is 10.6. The highest BCUT2D eigenvalue weighted by Gasteiger charge is 2.27. The minimum absolute atomic E-state index is 0.0600. The van der Waals surface area contributed by atoms with Gasteiger partial charge in [-0.2, -0.15) is 0 Å². The van der Waals surface area contributed by atoms with Gasteiger partial charge in [0, 0.05) is 24.9 Å². The van der Waals surface area contributed by atoms with Crippen LogP contribution in [0, 0.1) is 0 Å². The number of nitrogens with one attached hydrogen (secondary N) is 4. The molecule has 0 radical (unpaired) electrons. The normalized spacial score (nSPS) is 14.3. The maximum absolute atomic E-state index is 12.8. The molecule has 14 nitrogen and oxygen atoms in total. The molecular formula is C18H31N9O5. The molecule has 0 aliphatic heterocycles. The third-order valence-electron chi connectivity index (χ3n) is 4.40. The number of aliphatic imine (C=N–C) groups is 1. The summed E-state index contributed by atoms with van der Waals surface area (Å²) in [6.07, 6.45) is 3.73. The van der Waals surface area contributed by atoms with E-state index in [-0.39, 0.29) is 18.8 Å². The van der Waals surface area contributed by atoms with E-state index in [1.165, 1.54) is 26.4 Å². The molecule has 14 heteroatoms. The number of rotatable bonds is 13. The highest BCUT2D eigenvalue weighted by atomic mass is 16.4. The van der Waals surface area contributed by atoms with E-state index in [0.717, 1.165) is 0 Å². The van der Waals surface area contributed by atoms with Crippen LogP contribution in [0.15, 0.2) is 17.5 Å². The summed E-state index contributed by atoms with van der Waals surface area (Å²) in [6.45, 7) is 3.00. The highest BCUT2D eigenvalue weighted by Crippen LogP contribution is 2.02. The van der Waals surface area contributed by atoms with Gasteiger partial charge in [0.25, 0.3) is 0 Å². The molecule has 0 aliphatic rings. The first-order valence-electron chi connectivity index (χ1n) is 9.93. The van der Waals surface area contributed by atoms with Crippen molar-refractivity contribution in [1.82, 2.24) is 25.9 Å². The third kappa shape index (κ3) is 9.42. The number of carboxylic acid groups (broad SMARTS) is 1. The van der Waals surface area contributed by atoms with Crippen molar-refractivity contribution in [2.75, 3.05) is 6.54 Å². The summed E-state index contributed by atoms with van der Waals surface area (Å²) >= 11 is 0. The number of imidazole rings is 1. The molecule has 4 atom stereocenters. The van der Waals surface area contributed by atoms with E-state index in [2.05, 4.69) is 30.9 Å². The number of carboxylic acids is 1. The second-order valence-electron chi connectivity index (χ2n) is 7.20. The number of aromatic nitrogens is 2. The van der Waals surface area contributed by atoms with Crippen molar-refractivity contribution in [3.63, 3.8) is 0 Å². The predicted molar refractivity (Wildman–Crippen MR) is 115 cm³/mol. The van der Waals surface area contributed by atoms with E-state index in [9.17, 15) is 19.2 Å². The number of aliphatic carboxylic acids is 1. The lowest BCUT2D eigenvalue weighted by molar-refractivity contribution is -0.141. The second kappa shape index (κ2) is 12.9. The number of guanidine groups is 1. The Morgan fingerprint density at radius 2 is 1.75 bits per heavy atom. The Bertz CT molecular complexity index is 808. The Labute approximate surface area is 184 Å². The number of carbonyl (C=O) groups excluding carboxylic acids is 3. The van der Waals surface area contributed by atoms with Crippen molar-refractivity contribution in [2.45, 2.75) is 57.3 Å². The van der Waals surface area contributed by atoms with Gasteiger partial charge in [-0.15, -0.1) is 0 Å². The second-order valence-corrected chi connectivity index (χ2v) is 7.20. The van der Waals surface area contributed by atoms with Gasteiger partial charge in [-0.05, 0) is 26.7 Å². The van der Waals surface area contributed by atoms with Gasteiger partial charge in [0.15, 0.2) is 5.96 Å². The predicted octanol–water partition coefficient (Wildman–Crippen LogP) is -3.09. The number of hydrogen-bond donors (Lipinski definition) is 8. The van der Waals surface area contributed by atoms with Gasteiger partial charge >= 0.3 is 5.97 Å². The number of hydrogen-bond acceptors (Lipinski definition) is 7. The Hall–Kier alpha value is -3.68. The molecule has 32 heavy (non-hydrogen) atoms. The number of nitrogens with two attached hydrogens (primary N) is 3. The van der Waals surface area contributed by atoms with Gasteiger partial charge in [0.1, 0.15) is 18.1 Å². The average molecular weight is 454 g/mol. The van der Waals surface area contributed by atoms with Crippen LogP contribution >= 0.6 is 0 Å². The smallest absolute Gasteiger partial charge is 0.325 e. The Morgan fingerprint density at radius 3 is 2.31 bits per heavy atom. The molecule has 0 spiro atoms. The summed E-state index contributed by atoms with van der Waals surface area (Å²) in [4.78, 5) is 58.8. The zero-order valence-electron chi connectivity index (χ0n) is 18.0. The molecule has 0 saturated heterocycles. The van der Waals surface area contributed by atoms with Gasteiger partial charge in [-0.25, -0.2) is 4.98 Å². The van der Waals surface area contributed by atoms with Crippen LogP contribution in [0.4, 0.5) is 0 Å². The average Bonchev–Trinajstić information content (AvgIpc) is 3.23. The molecule has 1 aromatic heterocycles. The molecule has 0 bridgehead atoms. The van der Waals surface area contributed by atoms with Crippen molar-refractivity contribution in [2.24, 2.45) is 22.2 Å². The van der Waals surface area contributed by atoms with Gasteiger partial charge in [-0.1, -0.05) is 0 Å². The molecule has 1 heterocycles. The quantitative estimate of drug-likeness (QED) is 0.0855. The number of nitrogens with zero attached hydrogens (tertiary/aromatic N) is 2. The minimum atomic E-state index is -1.21. The Morgan fingerprint density at radius 1 is 1.09 bits per heavy atom. The van der Waals surface area contributed by atoms with Gasteiger partial charge in [-0.3, -0.25) is 24.2 Å². The summed E-state index contributed by atoms with van der Waals surface area (Å²) in [5.41, 5.74) is 17.0. The van der Waals surface area contributed by atoms with Crippen LogP contribution in [-0.4, -0.2) is 75.4 Å². The van der Waals surface area contributed by atoms with E-state index in [1.54, 1.807) is 0 Å².